The third kappa shape index (κ3) is 4.42. The zero-order valence-corrected chi connectivity index (χ0v) is 12.9. The zero-order valence-electron chi connectivity index (χ0n) is 12.9. The lowest BCUT2D eigenvalue weighted by atomic mass is 10.2. The molecule has 0 aromatic heterocycles. The van der Waals surface area contributed by atoms with Crippen LogP contribution in [0.2, 0.25) is 0 Å². The number of benzene rings is 1. The van der Waals surface area contributed by atoms with Crippen LogP contribution < -0.4 is 20.4 Å². The molecule has 1 aromatic rings. The number of amides is 3. The molecule has 1 aliphatic heterocycles. The van der Waals surface area contributed by atoms with Crippen LogP contribution in [0.15, 0.2) is 24.3 Å². The average molecular weight is 309 g/mol. The van der Waals surface area contributed by atoms with Gasteiger partial charge in [0.05, 0.1) is 33.2 Å². The van der Waals surface area contributed by atoms with E-state index in [1.807, 2.05) is 14.1 Å². The molecule has 1 saturated heterocycles. The van der Waals surface area contributed by atoms with Gasteiger partial charge in [0.25, 0.3) is 0 Å². The number of carbonyl (C=O) groups excluding carboxylic acids is 2. The van der Waals surface area contributed by atoms with E-state index < -0.39 is 0 Å². The molecule has 1 fully saturated rings. The van der Waals surface area contributed by atoms with E-state index in [0.29, 0.717) is 18.8 Å². The topological polar surface area (TPSA) is 65.9 Å². The van der Waals surface area contributed by atoms with Gasteiger partial charge in [0, 0.05) is 18.7 Å². The van der Waals surface area contributed by atoms with Crippen LogP contribution in [-0.2, 0) is 4.79 Å². The fraction of sp³-hybridized carbons (Fsp3) is 0.467. The van der Waals surface area contributed by atoms with Gasteiger partial charge in [-0.25, -0.2) is 9.18 Å². The summed E-state index contributed by atoms with van der Waals surface area (Å²) in [6, 6.07) is 5.27. The standard InChI is InChI=1S/C15H21FN4O2/c1-19(2)8-7-17-15(22)18-12-9-14(21)20(10-12)13-5-3-11(16)4-6-13/h3-6,12H,7-10H2,1-2H3,(H2,17,18,22)/p+1/t12-/m0/s1. The minimum Gasteiger partial charge on any atom is -0.338 e. The van der Waals surface area contributed by atoms with Crippen LogP contribution >= 0.6 is 0 Å². The maximum Gasteiger partial charge on any atom is 0.315 e. The first-order valence-corrected chi connectivity index (χ1v) is 7.35. The Balaban J connectivity index is 1.84. The lowest BCUT2D eigenvalue weighted by Gasteiger charge is -2.17. The number of quaternary nitrogens is 1. The predicted octanol–water partition coefficient (Wildman–Crippen LogP) is -0.625. The fourth-order valence-corrected chi connectivity index (χ4v) is 2.34. The number of anilines is 1. The molecular weight excluding hydrogens is 287 g/mol. The van der Waals surface area contributed by atoms with Crippen molar-refractivity contribution >= 4 is 17.6 Å². The summed E-state index contributed by atoms with van der Waals surface area (Å²) in [6.45, 7) is 1.81. The second-order valence-corrected chi connectivity index (χ2v) is 5.74. The second kappa shape index (κ2) is 7.22. The number of halogens is 1. The van der Waals surface area contributed by atoms with Crippen LogP contribution in [0.1, 0.15) is 6.42 Å². The number of likely N-dealkylation sites (N-methyl/N-ethyl adjacent to an activating group) is 1. The van der Waals surface area contributed by atoms with Gasteiger partial charge in [0.15, 0.2) is 0 Å². The lowest BCUT2D eigenvalue weighted by molar-refractivity contribution is -0.856. The van der Waals surface area contributed by atoms with Crippen molar-refractivity contribution in [3.05, 3.63) is 30.1 Å². The highest BCUT2D eigenvalue weighted by molar-refractivity contribution is 5.96. The lowest BCUT2D eigenvalue weighted by Crippen LogP contribution is -3.06. The largest absolute Gasteiger partial charge is 0.338 e. The Kier molecular flexibility index (Phi) is 5.32. The maximum atomic E-state index is 12.9. The SMILES string of the molecule is C[NH+](C)CCNC(=O)N[C@H]1CC(=O)N(c2ccc(F)cc2)C1. The van der Waals surface area contributed by atoms with Crippen molar-refractivity contribution in [1.29, 1.82) is 0 Å². The zero-order chi connectivity index (χ0) is 16.1. The minimum absolute atomic E-state index is 0.0744. The number of nitrogens with one attached hydrogen (secondary N) is 3. The number of nitrogens with zero attached hydrogens (tertiary/aromatic N) is 1. The molecule has 0 aliphatic carbocycles. The summed E-state index contributed by atoms with van der Waals surface area (Å²) in [4.78, 5) is 26.6. The van der Waals surface area contributed by atoms with Gasteiger partial charge < -0.3 is 20.4 Å². The van der Waals surface area contributed by atoms with Crippen LogP contribution in [0.3, 0.4) is 0 Å². The van der Waals surface area contributed by atoms with Crippen molar-refractivity contribution in [3.63, 3.8) is 0 Å². The molecule has 1 aliphatic rings. The van der Waals surface area contributed by atoms with Gasteiger partial charge in [-0.15, -0.1) is 0 Å². The Labute approximate surface area is 129 Å². The smallest absolute Gasteiger partial charge is 0.315 e. The van der Waals surface area contributed by atoms with E-state index in [1.54, 1.807) is 17.0 Å². The molecule has 6 nitrogen and oxygen atoms in total. The monoisotopic (exact) mass is 309 g/mol. The van der Waals surface area contributed by atoms with Gasteiger partial charge in [0.1, 0.15) is 5.82 Å². The molecule has 2 rings (SSSR count). The minimum atomic E-state index is -0.340. The Morgan fingerprint density at radius 1 is 1.36 bits per heavy atom. The van der Waals surface area contributed by atoms with Crippen LogP contribution in [0, 0.1) is 5.82 Å². The van der Waals surface area contributed by atoms with E-state index in [4.69, 9.17) is 0 Å². The Hall–Kier alpha value is -2.15. The molecule has 0 spiro atoms. The quantitative estimate of drug-likeness (QED) is 0.678. The summed E-state index contributed by atoms with van der Waals surface area (Å²) in [6.07, 6.45) is 0.254. The molecule has 1 aromatic carbocycles. The third-order valence-electron chi connectivity index (χ3n) is 3.51. The Morgan fingerprint density at radius 3 is 2.68 bits per heavy atom. The number of rotatable bonds is 5. The van der Waals surface area contributed by atoms with E-state index in [2.05, 4.69) is 10.6 Å². The Bertz CT molecular complexity index is 533. The first kappa shape index (κ1) is 16.2. The van der Waals surface area contributed by atoms with Crippen LogP contribution in [-0.4, -0.2) is 51.7 Å². The molecule has 1 atom stereocenters. The molecular formula is C15H22FN4O2+. The van der Waals surface area contributed by atoms with Gasteiger partial charge in [0.2, 0.25) is 5.91 Å². The molecule has 1 heterocycles. The second-order valence-electron chi connectivity index (χ2n) is 5.74. The van der Waals surface area contributed by atoms with Gasteiger partial charge in [-0.05, 0) is 24.3 Å². The summed E-state index contributed by atoms with van der Waals surface area (Å²) in [5, 5.41) is 5.57. The average Bonchev–Trinajstić information content (AvgIpc) is 2.80. The van der Waals surface area contributed by atoms with E-state index >= 15 is 0 Å². The number of urea groups is 1. The third-order valence-corrected chi connectivity index (χ3v) is 3.51. The highest BCUT2D eigenvalue weighted by atomic mass is 19.1. The molecule has 0 unspecified atom stereocenters. The summed E-state index contributed by atoms with van der Waals surface area (Å²) in [5.74, 6) is -0.415. The van der Waals surface area contributed by atoms with Crippen molar-refractivity contribution < 1.29 is 18.9 Å². The predicted molar refractivity (Wildman–Crippen MR) is 81.4 cm³/mol. The summed E-state index contributed by atoms with van der Waals surface area (Å²) in [7, 11) is 4.02. The highest BCUT2D eigenvalue weighted by Crippen LogP contribution is 2.21. The van der Waals surface area contributed by atoms with Crippen molar-refractivity contribution in [3.8, 4) is 0 Å². The molecule has 0 saturated carbocycles. The van der Waals surface area contributed by atoms with Gasteiger partial charge in [-0.1, -0.05) is 0 Å². The van der Waals surface area contributed by atoms with Crippen molar-refractivity contribution in [2.24, 2.45) is 0 Å². The molecule has 22 heavy (non-hydrogen) atoms. The molecule has 7 heteroatoms. The van der Waals surface area contributed by atoms with Gasteiger partial charge >= 0.3 is 6.03 Å². The summed E-state index contributed by atoms with van der Waals surface area (Å²) < 4.78 is 12.9. The molecule has 120 valence electrons. The highest BCUT2D eigenvalue weighted by Gasteiger charge is 2.31. The molecule has 0 radical (unpaired) electrons. The van der Waals surface area contributed by atoms with E-state index in [1.165, 1.54) is 17.0 Å². The van der Waals surface area contributed by atoms with Crippen molar-refractivity contribution in [2.75, 3.05) is 38.6 Å². The fourth-order valence-electron chi connectivity index (χ4n) is 2.34. The van der Waals surface area contributed by atoms with Crippen LogP contribution in [0.5, 0.6) is 0 Å². The van der Waals surface area contributed by atoms with Crippen molar-refractivity contribution in [2.45, 2.75) is 12.5 Å². The van der Waals surface area contributed by atoms with Gasteiger partial charge in [-0.2, -0.15) is 0 Å². The Morgan fingerprint density at radius 2 is 2.05 bits per heavy atom. The molecule has 0 bridgehead atoms. The first-order valence-electron chi connectivity index (χ1n) is 7.35. The maximum absolute atomic E-state index is 12.9. The van der Waals surface area contributed by atoms with Crippen molar-refractivity contribution in [1.82, 2.24) is 10.6 Å². The normalized spacial score (nSPS) is 17.9. The van der Waals surface area contributed by atoms with Gasteiger partial charge in [-0.3, -0.25) is 4.79 Å². The number of hydrogen-bond acceptors (Lipinski definition) is 2. The summed E-state index contributed by atoms with van der Waals surface area (Å²) >= 11 is 0. The number of carbonyl (C=O) groups is 2. The molecule has 3 amide bonds. The van der Waals surface area contributed by atoms with Crippen LogP contribution in [0.25, 0.3) is 0 Å². The van der Waals surface area contributed by atoms with E-state index in [9.17, 15) is 14.0 Å². The van der Waals surface area contributed by atoms with Crippen LogP contribution in [0.4, 0.5) is 14.9 Å². The van der Waals surface area contributed by atoms with E-state index in [0.717, 1.165) is 6.54 Å². The van der Waals surface area contributed by atoms with E-state index in [-0.39, 0.29) is 30.2 Å². The number of hydrogen-bond donors (Lipinski definition) is 3. The summed E-state index contributed by atoms with van der Waals surface area (Å²) in [5.41, 5.74) is 0.646. The first-order chi connectivity index (χ1) is 10.5. The molecule has 3 N–H and O–H groups in total.